The van der Waals surface area contributed by atoms with Gasteiger partial charge in [0.1, 0.15) is 5.75 Å². The third-order valence-electron chi connectivity index (χ3n) is 4.51. The van der Waals surface area contributed by atoms with Crippen LogP contribution in [0.1, 0.15) is 17.5 Å². The molecule has 0 saturated carbocycles. The van der Waals surface area contributed by atoms with Crippen molar-refractivity contribution in [1.29, 1.82) is 0 Å². The van der Waals surface area contributed by atoms with E-state index in [-0.39, 0.29) is 0 Å². The van der Waals surface area contributed by atoms with E-state index in [2.05, 4.69) is 29.7 Å². The van der Waals surface area contributed by atoms with Gasteiger partial charge in [-0.1, -0.05) is 18.2 Å². The molecule has 0 radical (unpaired) electrons. The Bertz CT molecular complexity index is 454. The third-order valence-corrected chi connectivity index (χ3v) is 4.51. The van der Waals surface area contributed by atoms with Crippen molar-refractivity contribution in [3.8, 4) is 5.75 Å². The molecule has 3 rings (SSSR count). The second kappa shape index (κ2) is 4.77. The van der Waals surface area contributed by atoms with Crippen molar-refractivity contribution in [1.82, 2.24) is 4.90 Å². The predicted molar refractivity (Wildman–Crippen MR) is 74.1 cm³/mol. The summed E-state index contributed by atoms with van der Waals surface area (Å²) >= 11 is 0. The van der Waals surface area contributed by atoms with Crippen LogP contribution in [0.2, 0.25) is 0 Å². The largest absolute Gasteiger partial charge is 0.496 e. The summed E-state index contributed by atoms with van der Waals surface area (Å²) < 4.78 is 5.51. The first-order chi connectivity index (χ1) is 8.83. The lowest BCUT2D eigenvalue weighted by atomic mass is 9.80. The molecule has 0 bridgehead atoms. The third kappa shape index (κ3) is 1.85. The summed E-state index contributed by atoms with van der Waals surface area (Å²) in [4.78, 5) is 2.58. The Morgan fingerprint density at radius 2 is 2.33 bits per heavy atom. The van der Waals surface area contributed by atoms with E-state index in [1.54, 1.807) is 7.11 Å². The molecule has 2 nitrogen and oxygen atoms in total. The maximum Gasteiger partial charge on any atom is 0.122 e. The fourth-order valence-corrected chi connectivity index (χ4v) is 3.63. The molecule has 1 aliphatic carbocycles. The van der Waals surface area contributed by atoms with Crippen LogP contribution in [0.4, 0.5) is 0 Å². The van der Waals surface area contributed by atoms with Crippen LogP contribution in [0.3, 0.4) is 0 Å². The molecule has 1 heterocycles. The first-order valence-corrected chi connectivity index (χ1v) is 6.83. The molecule has 1 fully saturated rings. The van der Waals surface area contributed by atoms with Gasteiger partial charge in [-0.25, -0.2) is 0 Å². The highest BCUT2D eigenvalue weighted by Crippen LogP contribution is 2.38. The fraction of sp³-hybridized carbons (Fsp3) is 0.500. The minimum atomic E-state index is 0.711. The zero-order valence-electron chi connectivity index (χ0n) is 11.1. The van der Waals surface area contributed by atoms with Crippen molar-refractivity contribution in [2.24, 2.45) is 5.92 Å². The van der Waals surface area contributed by atoms with Gasteiger partial charge in [-0.3, -0.25) is 4.90 Å². The summed E-state index contributed by atoms with van der Waals surface area (Å²) in [6, 6.07) is 7.18. The minimum Gasteiger partial charge on any atom is -0.496 e. The Hall–Kier alpha value is -1.28. The number of hydrogen-bond donors (Lipinski definition) is 0. The molecule has 1 saturated heterocycles. The van der Waals surface area contributed by atoms with Crippen molar-refractivity contribution in [2.75, 3.05) is 20.2 Å². The summed E-state index contributed by atoms with van der Waals surface area (Å²) in [6.45, 7) is 6.12. The fourth-order valence-electron chi connectivity index (χ4n) is 3.63. The first kappa shape index (κ1) is 11.8. The van der Waals surface area contributed by atoms with E-state index in [4.69, 9.17) is 4.74 Å². The minimum absolute atomic E-state index is 0.711. The number of ether oxygens (including phenoxy) is 1. The number of fused-ring (bicyclic) bond motifs is 2. The molecule has 1 aromatic carbocycles. The Morgan fingerprint density at radius 3 is 3.11 bits per heavy atom. The number of benzene rings is 1. The van der Waals surface area contributed by atoms with Crippen LogP contribution in [-0.2, 0) is 12.8 Å². The molecule has 18 heavy (non-hydrogen) atoms. The van der Waals surface area contributed by atoms with Gasteiger partial charge < -0.3 is 4.74 Å². The molecule has 1 aromatic rings. The Labute approximate surface area is 109 Å². The van der Waals surface area contributed by atoms with E-state index < -0.39 is 0 Å². The molecular formula is C16H21NO. The van der Waals surface area contributed by atoms with Gasteiger partial charge in [-0.2, -0.15) is 0 Å². The lowest BCUT2D eigenvalue weighted by molar-refractivity contribution is 0.234. The number of likely N-dealkylation sites (tertiary alicyclic amines) is 1. The van der Waals surface area contributed by atoms with Gasteiger partial charge in [0.25, 0.3) is 0 Å². The van der Waals surface area contributed by atoms with E-state index in [0.29, 0.717) is 6.04 Å². The van der Waals surface area contributed by atoms with Crippen LogP contribution in [0.15, 0.2) is 30.9 Å². The van der Waals surface area contributed by atoms with Crippen LogP contribution in [0.25, 0.3) is 0 Å². The molecule has 0 N–H and O–H groups in total. The van der Waals surface area contributed by atoms with E-state index in [0.717, 1.165) is 18.2 Å². The van der Waals surface area contributed by atoms with Gasteiger partial charge in [-0.15, -0.1) is 6.58 Å². The first-order valence-electron chi connectivity index (χ1n) is 6.83. The van der Waals surface area contributed by atoms with E-state index in [9.17, 15) is 0 Å². The zero-order valence-corrected chi connectivity index (χ0v) is 11.1. The molecule has 96 valence electrons. The average molecular weight is 243 g/mol. The van der Waals surface area contributed by atoms with E-state index in [1.165, 1.54) is 36.9 Å². The standard InChI is InChI=1S/C16H21NO/c1-3-8-17-9-7-13-10-14-12(11-15(13)17)5-4-6-16(14)18-2/h3-6,13,15H,1,7-11H2,2H3/t13-,15-/m0/s1. The SMILES string of the molecule is C=CCN1CC[C@H]2Cc3c(cccc3OC)C[C@@H]21. The van der Waals surface area contributed by atoms with Gasteiger partial charge in [-0.05, 0) is 48.9 Å². The Morgan fingerprint density at radius 1 is 1.44 bits per heavy atom. The summed E-state index contributed by atoms with van der Waals surface area (Å²) in [7, 11) is 1.78. The highest BCUT2D eigenvalue weighted by molar-refractivity contribution is 5.43. The van der Waals surface area contributed by atoms with Gasteiger partial charge in [0, 0.05) is 12.6 Å². The Balaban J connectivity index is 1.89. The van der Waals surface area contributed by atoms with Crippen molar-refractivity contribution < 1.29 is 4.74 Å². The van der Waals surface area contributed by atoms with Crippen molar-refractivity contribution in [3.05, 3.63) is 42.0 Å². The van der Waals surface area contributed by atoms with Crippen molar-refractivity contribution in [2.45, 2.75) is 25.3 Å². The van der Waals surface area contributed by atoms with Crippen molar-refractivity contribution in [3.63, 3.8) is 0 Å². The lowest BCUT2D eigenvalue weighted by Gasteiger charge is -2.33. The highest BCUT2D eigenvalue weighted by Gasteiger charge is 2.37. The quantitative estimate of drug-likeness (QED) is 0.757. The normalized spacial score (nSPS) is 26.5. The Kier molecular flexibility index (Phi) is 3.13. The van der Waals surface area contributed by atoms with Crippen LogP contribution in [-0.4, -0.2) is 31.1 Å². The van der Waals surface area contributed by atoms with Gasteiger partial charge >= 0.3 is 0 Å². The number of methoxy groups -OCH3 is 1. The summed E-state index contributed by atoms with van der Waals surface area (Å²) in [6.07, 6.45) is 5.70. The molecular weight excluding hydrogens is 222 g/mol. The summed E-state index contributed by atoms with van der Waals surface area (Å²) in [5.74, 6) is 1.88. The van der Waals surface area contributed by atoms with E-state index >= 15 is 0 Å². The van der Waals surface area contributed by atoms with Gasteiger partial charge in [0.05, 0.1) is 7.11 Å². The molecule has 2 heteroatoms. The number of nitrogens with zero attached hydrogens (tertiary/aromatic N) is 1. The average Bonchev–Trinajstić information content (AvgIpc) is 2.79. The maximum atomic E-state index is 5.51. The highest BCUT2D eigenvalue weighted by atomic mass is 16.5. The summed E-state index contributed by atoms with van der Waals surface area (Å²) in [5.41, 5.74) is 2.92. The predicted octanol–water partition coefficient (Wildman–Crippen LogP) is 2.67. The zero-order chi connectivity index (χ0) is 12.5. The number of rotatable bonds is 3. The molecule has 2 aliphatic rings. The molecule has 0 unspecified atom stereocenters. The summed E-state index contributed by atoms with van der Waals surface area (Å²) in [5, 5.41) is 0. The van der Waals surface area contributed by atoms with E-state index in [1.807, 2.05) is 6.08 Å². The number of hydrogen-bond acceptors (Lipinski definition) is 2. The maximum absolute atomic E-state index is 5.51. The van der Waals surface area contributed by atoms with Gasteiger partial charge in [0.15, 0.2) is 0 Å². The van der Waals surface area contributed by atoms with Gasteiger partial charge in [0.2, 0.25) is 0 Å². The lowest BCUT2D eigenvalue weighted by Crippen LogP contribution is -2.38. The smallest absolute Gasteiger partial charge is 0.122 e. The molecule has 0 spiro atoms. The molecule has 1 aliphatic heterocycles. The monoisotopic (exact) mass is 243 g/mol. The second-order valence-electron chi connectivity index (χ2n) is 5.41. The van der Waals surface area contributed by atoms with Crippen molar-refractivity contribution >= 4 is 0 Å². The topological polar surface area (TPSA) is 12.5 Å². The molecule has 0 amide bonds. The second-order valence-corrected chi connectivity index (χ2v) is 5.41. The van der Waals surface area contributed by atoms with Crippen LogP contribution in [0.5, 0.6) is 5.75 Å². The molecule has 2 atom stereocenters. The van der Waals surface area contributed by atoms with Crippen LogP contribution >= 0.6 is 0 Å². The van der Waals surface area contributed by atoms with Crippen LogP contribution < -0.4 is 4.74 Å². The van der Waals surface area contributed by atoms with Crippen LogP contribution in [0, 0.1) is 5.92 Å². The molecule has 0 aromatic heterocycles.